The number of hydrogen-bond donors (Lipinski definition) is 2. The Hall–Kier alpha value is -1.04. The lowest BCUT2D eigenvalue weighted by Gasteiger charge is -2.45. The lowest BCUT2D eigenvalue weighted by Crippen LogP contribution is -2.47. The predicted molar refractivity (Wildman–Crippen MR) is 120 cm³/mol. The van der Waals surface area contributed by atoms with E-state index >= 15 is 0 Å². The van der Waals surface area contributed by atoms with Crippen molar-refractivity contribution in [3.8, 4) is 0 Å². The second-order valence-corrected chi connectivity index (χ2v) is 8.49. The van der Waals surface area contributed by atoms with Crippen molar-refractivity contribution in [3.63, 3.8) is 0 Å². The van der Waals surface area contributed by atoms with E-state index in [2.05, 4.69) is 31.1 Å². The van der Waals surface area contributed by atoms with Gasteiger partial charge in [0.05, 0.1) is 18.3 Å². The van der Waals surface area contributed by atoms with Crippen LogP contribution in [0.2, 0.25) is 0 Å². The molecule has 154 valence electrons. The van der Waals surface area contributed by atoms with E-state index in [-0.39, 0.29) is 24.4 Å². The quantitative estimate of drug-likeness (QED) is 0.654. The van der Waals surface area contributed by atoms with E-state index in [4.69, 9.17) is 17.4 Å². The standard InChI is InChI=1S/C23H31NO2S.ClH/c1-17-8-7-11-21(22(17)27)23(25)13-12-20(14-19(23)15-24(2)3)26-16-18-9-5-4-6-10-18;/h4-11,19-20,25,27H,12-16H2,1-3H3;1H/t19-,20+,23-;/m0./s1. The van der Waals surface area contributed by atoms with Gasteiger partial charge < -0.3 is 14.7 Å². The van der Waals surface area contributed by atoms with Crippen LogP contribution in [0.4, 0.5) is 0 Å². The zero-order valence-corrected chi connectivity index (χ0v) is 18.7. The third-order valence-corrected chi connectivity index (χ3v) is 6.28. The first-order valence-electron chi connectivity index (χ1n) is 9.72. The van der Waals surface area contributed by atoms with Crippen LogP contribution in [-0.4, -0.2) is 36.8 Å². The van der Waals surface area contributed by atoms with Gasteiger partial charge in [-0.15, -0.1) is 25.0 Å². The molecule has 3 nitrogen and oxygen atoms in total. The second kappa shape index (κ2) is 10.1. The molecule has 0 aliphatic heterocycles. The maximum atomic E-state index is 11.7. The number of aliphatic hydroxyl groups is 1. The van der Waals surface area contributed by atoms with E-state index in [1.54, 1.807) is 0 Å². The van der Waals surface area contributed by atoms with E-state index in [0.29, 0.717) is 13.0 Å². The van der Waals surface area contributed by atoms with Gasteiger partial charge in [-0.05, 0) is 57.0 Å². The van der Waals surface area contributed by atoms with Gasteiger partial charge in [0.1, 0.15) is 0 Å². The molecule has 0 spiro atoms. The van der Waals surface area contributed by atoms with Crippen molar-refractivity contribution in [2.75, 3.05) is 20.6 Å². The molecule has 0 saturated heterocycles. The van der Waals surface area contributed by atoms with Crippen molar-refractivity contribution in [1.29, 1.82) is 0 Å². The summed E-state index contributed by atoms with van der Waals surface area (Å²) in [5.41, 5.74) is 2.40. The molecule has 0 bridgehead atoms. The van der Waals surface area contributed by atoms with Crippen LogP contribution in [0.1, 0.15) is 36.0 Å². The highest BCUT2D eigenvalue weighted by atomic mass is 35.5. The van der Waals surface area contributed by atoms with Crippen molar-refractivity contribution >= 4 is 25.0 Å². The summed E-state index contributed by atoms with van der Waals surface area (Å²) in [7, 11) is 4.12. The summed E-state index contributed by atoms with van der Waals surface area (Å²) in [5, 5.41) is 11.7. The predicted octanol–water partition coefficient (Wildman–Crippen LogP) is 4.84. The first kappa shape index (κ1) is 23.2. The Labute approximate surface area is 180 Å². The fourth-order valence-corrected chi connectivity index (χ4v) is 4.53. The molecule has 3 atom stereocenters. The van der Waals surface area contributed by atoms with Crippen LogP contribution in [0.3, 0.4) is 0 Å². The molecule has 0 amide bonds. The SMILES string of the molecule is Cc1cccc([C@]2(O)CC[C@@H](OCc3ccccc3)C[C@H]2CN(C)C)c1S.Cl. The minimum atomic E-state index is -0.861. The van der Waals surface area contributed by atoms with Crippen LogP contribution in [0, 0.1) is 12.8 Å². The van der Waals surface area contributed by atoms with Crippen molar-refractivity contribution in [1.82, 2.24) is 4.90 Å². The van der Waals surface area contributed by atoms with Crippen LogP contribution >= 0.6 is 25.0 Å². The lowest BCUT2D eigenvalue weighted by atomic mass is 9.70. The normalized spacial score (nSPS) is 24.8. The Balaban J connectivity index is 0.00000280. The van der Waals surface area contributed by atoms with Crippen molar-refractivity contribution < 1.29 is 9.84 Å². The Kier molecular flexibility index (Phi) is 8.41. The van der Waals surface area contributed by atoms with Crippen LogP contribution in [0.15, 0.2) is 53.4 Å². The summed E-state index contributed by atoms with van der Waals surface area (Å²) < 4.78 is 6.22. The smallest absolute Gasteiger partial charge is 0.0949 e. The van der Waals surface area contributed by atoms with Gasteiger partial charge >= 0.3 is 0 Å². The number of rotatable bonds is 6. The average molecular weight is 422 g/mol. The largest absolute Gasteiger partial charge is 0.385 e. The molecule has 3 rings (SSSR count). The summed E-state index contributed by atoms with van der Waals surface area (Å²) in [5.74, 6) is 0.106. The summed E-state index contributed by atoms with van der Waals surface area (Å²) in [6.45, 7) is 3.49. The molecule has 1 N–H and O–H groups in total. The lowest BCUT2D eigenvalue weighted by molar-refractivity contribution is -0.112. The number of thiol groups is 1. The van der Waals surface area contributed by atoms with Gasteiger partial charge in [-0.1, -0.05) is 48.5 Å². The van der Waals surface area contributed by atoms with Gasteiger partial charge in [0, 0.05) is 17.4 Å². The highest BCUT2D eigenvalue weighted by Gasteiger charge is 2.44. The molecule has 0 aromatic heterocycles. The van der Waals surface area contributed by atoms with E-state index in [9.17, 15) is 5.11 Å². The van der Waals surface area contributed by atoms with E-state index in [0.717, 1.165) is 35.4 Å². The number of benzene rings is 2. The Morgan fingerprint density at radius 1 is 1.14 bits per heavy atom. The number of nitrogens with zero attached hydrogens (tertiary/aromatic N) is 1. The summed E-state index contributed by atoms with van der Waals surface area (Å²) in [6.07, 6.45) is 2.57. The highest BCUT2D eigenvalue weighted by Crippen LogP contribution is 2.45. The minimum Gasteiger partial charge on any atom is -0.385 e. The van der Waals surface area contributed by atoms with Gasteiger partial charge in [-0.3, -0.25) is 0 Å². The molecule has 1 aliphatic carbocycles. The van der Waals surface area contributed by atoms with Gasteiger partial charge in [0.15, 0.2) is 0 Å². The van der Waals surface area contributed by atoms with Gasteiger partial charge in [-0.2, -0.15) is 0 Å². The van der Waals surface area contributed by atoms with Crippen molar-refractivity contribution in [3.05, 3.63) is 65.2 Å². The number of aryl methyl sites for hydroxylation is 1. The number of halogens is 1. The van der Waals surface area contributed by atoms with Gasteiger partial charge in [-0.25, -0.2) is 0 Å². The fraction of sp³-hybridized carbons (Fsp3) is 0.478. The number of ether oxygens (including phenoxy) is 1. The van der Waals surface area contributed by atoms with Crippen LogP contribution in [0.5, 0.6) is 0 Å². The minimum absolute atomic E-state index is 0. The van der Waals surface area contributed by atoms with Gasteiger partial charge in [0.25, 0.3) is 0 Å². The Bertz CT molecular complexity index is 756. The average Bonchev–Trinajstić information content (AvgIpc) is 2.65. The second-order valence-electron chi connectivity index (χ2n) is 8.05. The van der Waals surface area contributed by atoms with E-state index in [1.165, 1.54) is 5.56 Å². The molecular weight excluding hydrogens is 390 g/mol. The molecule has 0 radical (unpaired) electrons. The molecule has 1 fully saturated rings. The molecular formula is C23H32ClNO2S. The maximum absolute atomic E-state index is 11.7. The molecule has 5 heteroatoms. The highest BCUT2D eigenvalue weighted by molar-refractivity contribution is 7.80. The zero-order chi connectivity index (χ0) is 19.4. The van der Waals surface area contributed by atoms with Crippen LogP contribution in [0.25, 0.3) is 0 Å². The third-order valence-electron chi connectivity index (χ3n) is 5.69. The van der Waals surface area contributed by atoms with Crippen molar-refractivity contribution in [2.24, 2.45) is 5.92 Å². The molecule has 0 unspecified atom stereocenters. The maximum Gasteiger partial charge on any atom is 0.0949 e. The van der Waals surface area contributed by atoms with Crippen molar-refractivity contribution in [2.45, 2.75) is 49.4 Å². The molecule has 0 heterocycles. The Morgan fingerprint density at radius 2 is 1.86 bits per heavy atom. The van der Waals surface area contributed by atoms with Gasteiger partial charge in [0.2, 0.25) is 0 Å². The topological polar surface area (TPSA) is 32.7 Å². The number of hydrogen-bond acceptors (Lipinski definition) is 4. The Morgan fingerprint density at radius 3 is 2.54 bits per heavy atom. The molecule has 1 aliphatic rings. The molecule has 2 aromatic rings. The summed E-state index contributed by atoms with van der Waals surface area (Å²) in [4.78, 5) is 3.07. The van der Waals surface area contributed by atoms with E-state index < -0.39 is 5.60 Å². The van der Waals surface area contributed by atoms with E-state index in [1.807, 2.05) is 43.3 Å². The summed E-state index contributed by atoms with van der Waals surface area (Å²) >= 11 is 4.71. The monoisotopic (exact) mass is 421 g/mol. The first-order valence-corrected chi connectivity index (χ1v) is 10.2. The molecule has 28 heavy (non-hydrogen) atoms. The molecule has 2 aromatic carbocycles. The fourth-order valence-electron chi connectivity index (χ4n) is 4.18. The zero-order valence-electron chi connectivity index (χ0n) is 17.0. The molecule has 1 saturated carbocycles. The third kappa shape index (κ3) is 5.31. The first-order chi connectivity index (χ1) is 12.9. The van der Waals surface area contributed by atoms with Crippen LogP contribution < -0.4 is 0 Å². The summed E-state index contributed by atoms with van der Waals surface area (Å²) in [6, 6.07) is 16.4. The van der Waals surface area contributed by atoms with Crippen LogP contribution in [-0.2, 0) is 16.9 Å².